The molecule has 1 aliphatic heterocycles. The third kappa shape index (κ3) is 4.86. The lowest BCUT2D eigenvalue weighted by Gasteiger charge is -2.20. The quantitative estimate of drug-likeness (QED) is 0.556. The van der Waals surface area contributed by atoms with E-state index in [1.165, 1.54) is 4.57 Å². The summed E-state index contributed by atoms with van der Waals surface area (Å²) in [6, 6.07) is 17.5. The van der Waals surface area contributed by atoms with Crippen molar-refractivity contribution in [2.24, 2.45) is 4.99 Å². The largest absolute Gasteiger partial charge is 0.493 e. The van der Waals surface area contributed by atoms with Gasteiger partial charge in [0.15, 0.2) is 0 Å². The second-order valence-corrected chi connectivity index (χ2v) is 8.47. The van der Waals surface area contributed by atoms with Crippen LogP contribution in [0.25, 0.3) is 23.8 Å². The third-order valence-electron chi connectivity index (χ3n) is 4.78. The average Bonchev–Trinajstić information content (AvgIpc) is 3.28. The van der Waals surface area contributed by atoms with Crippen molar-refractivity contribution >= 4 is 41.7 Å². The van der Waals surface area contributed by atoms with E-state index in [0.717, 1.165) is 22.4 Å². The van der Waals surface area contributed by atoms with Gasteiger partial charge in [0.25, 0.3) is 0 Å². The second kappa shape index (κ2) is 8.67. The van der Waals surface area contributed by atoms with Gasteiger partial charge in [-0.05, 0) is 44.6 Å². The number of carbonyl (C=O) groups excluding carboxylic acids is 1. The molecule has 0 saturated carbocycles. The fraction of sp³-hybridized carbons (Fsp3) is 0.192. The van der Waals surface area contributed by atoms with Gasteiger partial charge in [-0.2, -0.15) is 0 Å². The fourth-order valence-corrected chi connectivity index (χ4v) is 3.40. The van der Waals surface area contributed by atoms with Crippen LogP contribution in [-0.4, -0.2) is 32.4 Å². The highest BCUT2D eigenvalue weighted by Crippen LogP contribution is 2.33. The van der Waals surface area contributed by atoms with Crippen molar-refractivity contribution in [1.29, 1.82) is 0 Å². The molecule has 0 aliphatic carbocycles. The predicted molar refractivity (Wildman–Crippen MR) is 128 cm³/mol. The Morgan fingerprint density at radius 2 is 1.78 bits per heavy atom. The topological polar surface area (TPSA) is 76.7 Å². The highest BCUT2D eigenvalue weighted by atomic mass is 16.6. The van der Waals surface area contributed by atoms with Crippen LogP contribution in [0.3, 0.4) is 0 Å². The molecule has 0 amide bonds. The van der Waals surface area contributed by atoms with E-state index in [4.69, 9.17) is 4.74 Å². The highest BCUT2D eigenvalue weighted by Gasteiger charge is 2.22. The van der Waals surface area contributed by atoms with Gasteiger partial charge < -0.3 is 9.84 Å². The van der Waals surface area contributed by atoms with E-state index < -0.39 is 11.6 Å². The summed E-state index contributed by atoms with van der Waals surface area (Å²) >= 11 is 0. The van der Waals surface area contributed by atoms with Gasteiger partial charge in [-0.15, -0.1) is 0 Å². The first-order valence-corrected chi connectivity index (χ1v) is 10.4. The molecule has 6 nitrogen and oxygen atoms in total. The summed E-state index contributed by atoms with van der Waals surface area (Å²) in [7, 11) is 0. The lowest BCUT2D eigenvalue weighted by molar-refractivity contribution is -0.155. The lowest BCUT2D eigenvalue weighted by Crippen LogP contribution is -2.26. The van der Waals surface area contributed by atoms with Crippen molar-refractivity contribution in [2.45, 2.75) is 32.9 Å². The molecule has 2 aromatic carbocycles. The minimum Gasteiger partial charge on any atom is -0.493 e. The smallest absolute Gasteiger partial charge is 0.326 e. The molecule has 3 aromatic rings. The molecule has 2 heterocycles. The van der Waals surface area contributed by atoms with Crippen LogP contribution in [0.5, 0.6) is 5.88 Å². The van der Waals surface area contributed by atoms with Crippen LogP contribution in [0, 0.1) is 0 Å². The molecule has 0 radical (unpaired) electrons. The Bertz CT molecular complexity index is 1230. The van der Waals surface area contributed by atoms with Crippen LogP contribution >= 0.6 is 0 Å². The number of benzene rings is 2. The maximum Gasteiger partial charge on any atom is 0.326 e. The van der Waals surface area contributed by atoms with E-state index in [-0.39, 0.29) is 12.4 Å². The first-order chi connectivity index (χ1) is 15.3. The van der Waals surface area contributed by atoms with Crippen LogP contribution in [0.2, 0.25) is 0 Å². The van der Waals surface area contributed by atoms with Crippen molar-refractivity contribution < 1.29 is 14.6 Å². The number of para-hydroxylation sites is 1. The molecular weight excluding hydrogens is 402 g/mol. The molecule has 162 valence electrons. The van der Waals surface area contributed by atoms with Crippen LogP contribution in [0.1, 0.15) is 43.4 Å². The number of aliphatic imine (C=N–C) groups is 1. The summed E-state index contributed by atoms with van der Waals surface area (Å²) in [5.41, 5.74) is 3.40. The first kappa shape index (κ1) is 21.3. The molecule has 0 spiro atoms. The van der Waals surface area contributed by atoms with E-state index in [0.29, 0.717) is 11.5 Å². The normalized spacial score (nSPS) is 14.3. The minimum absolute atomic E-state index is 0.103. The van der Waals surface area contributed by atoms with Crippen molar-refractivity contribution in [3.63, 3.8) is 0 Å². The molecule has 1 aliphatic rings. The van der Waals surface area contributed by atoms with Gasteiger partial charge in [0.1, 0.15) is 23.7 Å². The zero-order valence-corrected chi connectivity index (χ0v) is 18.3. The summed E-state index contributed by atoms with van der Waals surface area (Å²) in [6.07, 6.45) is 7.18. The molecule has 0 atom stereocenters. The average molecular weight is 428 g/mol. The number of rotatable bonds is 5. The molecule has 4 rings (SSSR count). The number of carbonyl (C=O) groups is 1. The molecule has 0 fully saturated rings. The summed E-state index contributed by atoms with van der Waals surface area (Å²) in [5.74, 6) is -0.104. The van der Waals surface area contributed by atoms with Gasteiger partial charge in [-0.25, -0.2) is 4.98 Å². The Morgan fingerprint density at radius 3 is 2.53 bits per heavy atom. The number of aromatic nitrogens is 2. The Hall–Kier alpha value is -3.93. The maximum absolute atomic E-state index is 12.5. The second-order valence-electron chi connectivity index (χ2n) is 8.47. The van der Waals surface area contributed by atoms with Gasteiger partial charge in [-0.3, -0.25) is 14.4 Å². The zero-order valence-electron chi connectivity index (χ0n) is 18.3. The van der Waals surface area contributed by atoms with Crippen molar-refractivity contribution in [2.75, 3.05) is 0 Å². The lowest BCUT2D eigenvalue weighted by atomic mass is 10.1. The molecule has 0 saturated heterocycles. The SMILES string of the molecule is CC(C)(C)OC(=O)Cn1c(/C=C/c2ccccc2)nc(/C=C2\C=Nc3ccccc32)c1O. The monoisotopic (exact) mass is 427 g/mol. The van der Waals surface area contributed by atoms with Crippen LogP contribution in [0.15, 0.2) is 59.6 Å². The van der Waals surface area contributed by atoms with Crippen LogP contribution < -0.4 is 0 Å². The maximum atomic E-state index is 12.5. The number of nitrogens with zero attached hydrogens (tertiary/aromatic N) is 3. The number of hydrogen-bond donors (Lipinski definition) is 1. The Morgan fingerprint density at radius 1 is 1.06 bits per heavy atom. The molecule has 1 aromatic heterocycles. The molecule has 6 heteroatoms. The molecule has 0 unspecified atom stereocenters. The van der Waals surface area contributed by atoms with Crippen molar-refractivity contribution in [1.82, 2.24) is 9.55 Å². The standard InChI is InChI=1S/C26H25N3O3/c1-26(2,3)32-24(30)17-29-23(14-13-18-9-5-4-6-10-18)28-22(25(29)31)15-19-16-27-21-12-8-7-11-20(19)21/h4-16,31H,17H2,1-3H3/b14-13+,19-15+. The van der Waals surface area contributed by atoms with Crippen molar-refractivity contribution in [3.05, 3.63) is 77.2 Å². The van der Waals surface area contributed by atoms with Gasteiger partial charge in [0, 0.05) is 17.4 Å². The Labute approximate surface area is 187 Å². The van der Waals surface area contributed by atoms with Gasteiger partial charge in [0.05, 0.1) is 5.69 Å². The molecule has 32 heavy (non-hydrogen) atoms. The van der Waals surface area contributed by atoms with Crippen LogP contribution in [0.4, 0.5) is 5.69 Å². The summed E-state index contributed by atoms with van der Waals surface area (Å²) < 4.78 is 6.90. The fourth-order valence-electron chi connectivity index (χ4n) is 3.40. The number of imidazole rings is 1. The number of fused-ring (bicyclic) bond motifs is 1. The van der Waals surface area contributed by atoms with E-state index in [1.807, 2.05) is 81.4 Å². The summed E-state index contributed by atoms with van der Waals surface area (Å²) in [6.45, 7) is 5.27. The van der Waals surface area contributed by atoms with E-state index in [1.54, 1.807) is 18.4 Å². The molecular formula is C26H25N3O3. The van der Waals surface area contributed by atoms with Gasteiger partial charge in [-0.1, -0.05) is 54.6 Å². The van der Waals surface area contributed by atoms with Gasteiger partial charge in [0.2, 0.25) is 5.88 Å². The van der Waals surface area contributed by atoms with Crippen LogP contribution in [-0.2, 0) is 16.1 Å². The Balaban J connectivity index is 1.71. The van der Waals surface area contributed by atoms with E-state index >= 15 is 0 Å². The van der Waals surface area contributed by atoms with E-state index in [2.05, 4.69) is 9.98 Å². The molecule has 0 bridgehead atoms. The van der Waals surface area contributed by atoms with Crippen molar-refractivity contribution in [3.8, 4) is 5.88 Å². The highest BCUT2D eigenvalue weighted by molar-refractivity contribution is 6.21. The summed E-state index contributed by atoms with van der Waals surface area (Å²) in [5, 5.41) is 10.9. The number of esters is 1. The van der Waals surface area contributed by atoms with Gasteiger partial charge >= 0.3 is 5.97 Å². The molecule has 1 N–H and O–H groups in total. The zero-order chi connectivity index (χ0) is 22.7. The third-order valence-corrected chi connectivity index (χ3v) is 4.78. The number of ether oxygens (including phenoxy) is 1. The number of hydrogen-bond acceptors (Lipinski definition) is 5. The number of aromatic hydroxyl groups is 1. The minimum atomic E-state index is -0.623. The Kier molecular flexibility index (Phi) is 5.77. The predicted octanol–water partition coefficient (Wildman–Crippen LogP) is 5.36. The summed E-state index contributed by atoms with van der Waals surface area (Å²) in [4.78, 5) is 21.5. The first-order valence-electron chi connectivity index (χ1n) is 10.4. The number of allylic oxidation sites excluding steroid dienone is 1. The van der Waals surface area contributed by atoms with E-state index in [9.17, 15) is 9.90 Å².